The number of hydrogen-bond donors (Lipinski definition) is 1. The quantitative estimate of drug-likeness (QED) is 0.725. The molecule has 4 nitrogen and oxygen atoms in total. The number of rotatable bonds is 3. The molecule has 1 fully saturated rings. The van der Waals surface area contributed by atoms with Crippen molar-refractivity contribution in [2.24, 2.45) is 7.05 Å². The summed E-state index contributed by atoms with van der Waals surface area (Å²) in [5.41, 5.74) is 2.25. The first kappa shape index (κ1) is 8.72. The van der Waals surface area contributed by atoms with Crippen LogP contribution in [0.1, 0.15) is 11.3 Å². The van der Waals surface area contributed by atoms with E-state index >= 15 is 0 Å². The van der Waals surface area contributed by atoms with E-state index in [1.165, 1.54) is 5.56 Å². The second-order valence-electron chi connectivity index (χ2n) is 3.52. The zero-order valence-corrected chi connectivity index (χ0v) is 8.08. The summed E-state index contributed by atoms with van der Waals surface area (Å²) in [5, 5.41) is 7.48. The molecule has 13 heavy (non-hydrogen) atoms. The molecule has 0 spiro atoms. The fourth-order valence-electron chi connectivity index (χ4n) is 1.37. The van der Waals surface area contributed by atoms with Crippen molar-refractivity contribution in [2.75, 3.05) is 13.1 Å². The molecular formula is C9H15N3O. The van der Waals surface area contributed by atoms with Crippen LogP contribution in [0.3, 0.4) is 0 Å². The van der Waals surface area contributed by atoms with Crippen molar-refractivity contribution in [3.8, 4) is 0 Å². The standard InChI is InChI=1S/C9H15N3O/c1-7-5-12(2)11-9(7)6-13-8-3-10-4-8/h5,8,10H,3-4,6H2,1-2H3. The molecule has 0 amide bonds. The monoisotopic (exact) mass is 181 g/mol. The van der Waals surface area contributed by atoms with E-state index < -0.39 is 0 Å². The number of aryl methyl sites for hydroxylation is 2. The zero-order valence-electron chi connectivity index (χ0n) is 8.08. The lowest BCUT2D eigenvalue weighted by atomic mass is 10.2. The normalized spacial score (nSPS) is 17.4. The second kappa shape index (κ2) is 3.47. The Morgan fingerprint density at radius 1 is 1.69 bits per heavy atom. The van der Waals surface area contributed by atoms with Gasteiger partial charge in [-0.15, -0.1) is 0 Å². The Morgan fingerprint density at radius 2 is 2.46 bits per heavy atom. The lowest BCUT2D eigenvalue weighted by Crippen LogP contribution is -2.48. The SMILES string of the molecule is Cc1cn(C)nc1COC1CNC1. The Balaban J connectivity index is 1.89. The summed E-state index contributed by atoms with van der Waals surface area (Å²) in [7, 11) is 1.93. The summed E-state index contributed by atoms with van der Waals surface area (Å²) < 4.78 is 7.45. The Morgan fingerprint density at radius 3 is 2.92 bits per heavy atom. The fraction of sp³-hybridized carbons (Fsp3) is 0.667. The van der Waals surface area contributed by atoms with E-state index in [1.54, 1.807) is 0 Å². The molecule has 4 heteroatoms. The molecule has 1 aliphatic heterocycles. The maximum atomic E-state index is 5.62. The Hall–Kier alpha value is -0.870. The minimum Gasteiger partial charge on any atom is -0.369 e. The summed E-state index contributed by atoms with van der Waals surface area (Å²) in [6, 6.07) is 0. The van der Waals surface area contributed by atoms with Gasteiger partial charge in [-0.2, -0.15) is 5.10 Å². The van der Waals surface area contributed by atoms with Crippen LogP contribution in [0.5, 0.6) is 0 Å². The van der Waals surface area contributed by atoms with Crippen LogP contribution in [-0.4, -0.2) is 29.0 Å². The van der Waals surface area contributed by atoms with Crippen molar-refractivity contribution in [1.29, 1.82) is 0 Å². The van der Waals surface area contributed by atoms with Gasteiger partial charge >= 0.3 is 0 Å². The molecule has 1 saturated heterocycles. The van der Waals surface area contributed by atoms with E-state index in [9.17, 15) is 0 Å². The van der Waals surface area contributed by atoms with Gasteiger partial charge in [-0.1, -0.05) is 0 Å². The van der Waals surface area contributed by atoms with Crippen LogP contribution in [0.15, 0.2) is 6.20 Å². The van der Waals surface area contributed by atoms with Gasteiger partial charge in [-0.05, 0) is 12.5 Å². The Bertz CT molecular complexity index is 291. The first-order chi connectivity index (χ1) is 6.25. The van der Waals surface area contributed by atoms with Crippen molar-refractivity contribution in [3.63, 3.8) is 0 Å². The average Bonchev–Trinajstić information content (AvgIpc) is 2.27. The third kappa shape index (κ3) is 1.89. The van der Waals surface area contributed by atoms with Crippen LogP contribution in [0.2, 0.25) is 0 Å². The minimum absolute atomic E-state index is 0.390. The van der Waals surface area contributed by atoms with Gasteiger partial charge in [-0.25, -0.2) is 0 Å². The molecular weight excluding hydrogens is 166 g/mol. The van der Waals surface area contributed by atoms with E-state index in [0.717, 1.165) is 18.8 Å². The van der Waals surface area contributed by atoms with Gasteiger partial charge in [0.05, 0.1) is 18.4 Å². The molecule has 2 rings (SSSR count). The maximum Gasteiger partial charge on any atom is 0.0914 e. The smallest absolute Gasteiger partial charge is 0.0914 e. The molecule has 0 aliphatic carbocycles. The van der Waals surface area contributed by atoms with Crippen LogP contribution >= 0.6 is 0 Å². The molecule has 0 bridgehead atoms. The van der Waals surface area contributed by atoms with Crippen molar-refractivity contribution < 1.29 is 4.74 Å². The minimum atomic E-state index is 0.390. The zero-order chi connectivity index (χ0) is 9.26. The summed E-state index contributed by atoms with van der Waals surface area (Å²) in [4.78, 5) is 0. The van der Waals surface area contributed by atoms with E-state index in [0.29, 0.717) is 12.7 Å². The molecule has 0 unspecified atom stereocenters. The van der Waals surface area contributed by atoms with Gasteiger partial charge < -0.3 is 10.1 Å². The average molecular weight is 181 g/mol. The molecule has 72 valence electrons. The highest BCUT2D eigenvalue weighted by Gasteiger charge is 2.17. The summed E-state index contributed by atoms with van der Waals surface area (Å²) in [5.74, 6) is 0. The first-order valence-corrected chi connectivity index (χ1v) is 4.57. The fourth-order valence-corrected chi connectivity index (χ4v) is 1.37. The molecule has 1 aromatic heterocycles. The molecule has 0 saturated carbocycles. The number of nitrogens with zero attached hydrogens (tertiary/aromatic N) is 2. The number of nitrogens with one attached hydrogen (secondary N) is 1. The highest BCUT2D eigenvalue weighted by Crippen LogP contribution is 2.08. The summed E-state index contributed by atoms with van der Waals surface area (Å²) in [6.45, 7) is 4.65. The number of aromatic nitrogens is 2. The molecule has 2 heterocycles. The summed E-state index contributed by atoms with van der Waals surface area (Å²) in [6.07, 6.45) is 2.40. The van der Waals surface area contributed by atoms with Gasteiger partial charge in [0.25, 0.3) is 0 Å². The third-order valence-corrected chi connectivity index (χ3v) is 2.31. The highest BCUT2D eigenvalue weighted by molar-refractivity contribution is 5.13. The van der Waals surface area contributed by atoms with Gasteiger partial charge in [0, 0.05) is 26.3 Å². The molecule has 0 radical (unpaired) electrons. The van der Waals surface area contributed by atoms with Crippen LogP contribution in [0, 0.1) is 6.92 Å². The van der Waals surface area contributed by atoms with Gasteiger partial charge in [0.1, 0.15) is 0 Å². The summed E-state index contributed by atoms with van der Waals surface area (Å²) >= 11 is 0. The van der Waals surface area contributed by atoms with E-state index in [1.807, 2.05) is 17.9 Å². The largest absolute Gasteiger partial charge is 0.369 e. The highest BCUT2D eigenvalue weighted by atomic mass is 16.5. The first-order valence-electron chi connectivity index (χ1n) is 4.57. The van der Waals surface area contributed by atoms with Gasteiger partial charge in [0.2, 0.25) is 0 Å². The lowest BCUT2D eigenvalue weighted by Gasteiger charge is -2.26. The van der Waals surface area contributed by atoms with Crippen LogP contribution in [-0.2, 0) is 18.4 Å². The van der Waals surface area contributed by atoms with Crippen LogP contribution in [0.25, 0.3) is 0 Å². The molecule has 0 aromatic carbocycles. The molecule has 1 aromatic rings. The van der Waals surface area contributed by atoms with E-state index in [2.05, 4.69) is 17.3 Å². The molecule has 1 N–H and O–H groups in total. The van der Waals surface area contributed by atoms with E-state index in [-0.39, 0.29) is 0 Å². The van der Waals surface area contributed by atoms with Gasteiger partial charge in [-0.3, -0.25) is 4.68 Å². The lowest BCUT2D eigenvalue weighted by molar-refractivity contribution is 0.00567. The van der Waals surface area contributed by atoms with Crippen molar-refractivity contribution in [1.82, 2.24) is 15.1 Å². The number of ether oxygens (including phenoxy) is 1. The van der Waals surface area contributed by atoms with E-state index in [4.69, 9.17) is 4.74 Å². The predicted molar refractivity (Wildman–Crippen MR) is 49.4 cm³/mol. The van der Waals surface area contributed by atoms with Crippen LogP contribution < -0.4 is 5.32 Å². The predicted octanol–water partition coefficient (Wildman–Crippen LogP) is 0.217. The second-order valence-corrected chi connectivity index (χ2v) is 3.52. The van der Waals surface area contributed by atoms with Crippen molar-refractivity contribution in [3.05, 3.63) is 17.5 Å². The number of hydrogen-bond acceptors (Lipinski definition) is 3. The third-order valence-electron chi connectivity index (χ3n) is 2.31. The Kier molecular flexibility index (Phi) is 2.33. The Labute approximate surface area is 77.9 Å². The van der Waals surface area contributed by atoms with Crippen LogP contribution in [0.4, 0.5) is 0 Å². The van der Waals surface area contributed by atoms with Crippen molar-refractivity contribution >= 4 is 0 Å². The maximum absolute atomic E-state index is 5.62. The topological polar surface area (TPSA) is 39.1 Å². The molecule has 0 atom stereocenters. The van der Waals surface area contributed by atoms with Gasteiger partial charge in [0.15, 0.2) is 0 Å². The van der Waals surface area contributed by atoms with Crippen molar-refractivity contribution in [2.45, 2.75) is 19.6 Å². The molecule has 1 aliphatic rings.